The van der Waals surface area contributed by atoms with Crippen molar-refractivity contribution in [3.05, 3.63) is 50.8 Å². The molecule has 2 aliphatic rings. The Morgan fingerprint density at radius 1 is 1.23 bits per heavy atom. The Hall–Kier alpha value is -2.81. The average molecular weight is 431 g/mol. The van der Waals surface area contributed by atoms with Crippen LogP contribution in [0.25, 0.3) is 11.2 Å². The van der Waals surface area contributed by atoms with Gasteiger partial charge in [-0.3, -0.25) is 9.59 Å². The average Bonchev–Trinajstić information content (AvgIpc) is 3.51. The van der Waals surface area contributed by atoms with Crippen molar-refractivity contribution in [2.45, 2.75) is 38.1 Å². The van der Waals surface area contributed by atoms with E-state index in [1.807, 2.05) is 4.90 Å². The highest BCUT2D eigenvalue weighted by molar-refractivity contribution is 6.31. The van der Waals surface area contributed by atoms with Gasteiger partial charge in [-0.25, -0.2) is 14.1 Å². The van der Waals surface area contributed by atoms with Gasteiger partial charge in [0, 0.05) is 35.5 Å². The summed E-state index contributed by atoms with van der Waals surface area (Å²) >= 11 is 6.13. The molecule has 5 rings (SSSR count). The number of carbonyl (C=O) groups excluding carboxylic acids is 1. The van der Waals surface area contributed by atoms with Gasteiger partial charge in [-0.15, -0.1) is 5.10 Å². The van der Waals surface area contributed by atoms with E-state index in [2.05, 4.69) is 20.3 Å². The Morgan fingerprint density at radius 2 is 2.00 bits per heavy atom. The number of fused-ring (bicyclic) bond motifs is 1. The molecule has 30 heavy (non-hydrogen) atoms. The summed E-state index contributed by atoms with van der Waals surface area (Å²) in [6.07, 6.45) is 3.45. The van der Waals surface area contributed by atoms with Crippen LogP contribution in [-0.2, 0) is 11.3 Å². The van der Waals surface area contributed by atoms with Crippen molar-refractivity contribution < 1.29 is 9.18 Å². The van der Waals surface area contributed by atoms with Crippen LogP contribution in [0.4, 0.5) is 4.39 Å². The fraction of sp³-hybridized carbons (Fsp3) is 0.450. The van der Waals surface area contributed by atoms with E-state index in [1.165, 1.54) is 16.8 Å². The van der Waals surface area contributed by atoms with Gasteiger partial charge in [0.25, 0.3) is 5.56 Å². The van der Waals surface area contributed by atoms with Crippen molar-refractivity contribution in [3.8, 4) is 0 Å². The Bertz CT molecular complexity index is 1160. The molecule has 1 aliphatic carbocycles. The molecule has 0 unspecified atom stereocenters. The van der Waals surface area contributed by atoms with Crippen molar-refractivity contribution in [2.75, 3.05) is 13.1 Å². The van der Waals surface area contributed by atoms with E-state index in [0.29, 0.717) is 24.6 Å². The number of nitrogens with zero attached hydrogens (tertiary/aromatic N) is 5. The number of hydrogen-bond acceptors (Lipinski definition) is 5. The first-order chi connectivity index (χ1) is 14.5. The molecular formula is C20H20ClFN6O2. The summed E-state index contributed by atoms with van der Waals surface area (Å²) in [5.74, 6) is 0.583. The number of hydrogen-bond donors (Lipinski definition) is 1. The first-order valence-electron chi connectivity index (χ1n) is 10.1. The van der Waals surface area contributed by atoms with Crippen LogP contribution >= 0.6 is 11.6 Å². The van der Waals surface area contributed by atoms with E-state index in [4.69, 9.17) is 11.6 Å². The zero-order valence-electron chi connectivity index (χ0n) is 16.1. The van der Waals surface area contributed by atoms with Gasteiger partial charge in [0.05, 0.1) is 6.54 Å². The SMILES string of the molecule is O=C(C1CC1)N1CCC(c2nc3c(nnn3Cc3c(F)cccc3Cl)c(=O)[nH]2)CC1. The van der Waals surface area contributed by atoms with Crippen LogP contribution in [0.1, 0.15) is 43.0 Å². The summed E-state index contributed by atoms with van der Waals surface area (Å²) < 4.78 is 15.6. The van der Waals surface area contributed by atoms with E-state index < -0.39 is 5.82 Å². The molecule has 8 nitrogen and oxygen atoms in total. The number of nitrogens with one attached hydrogen (secondary N) is 1. The number of benzene rings is 1. The van der Waals surface area contributed by atoms with Gasteiger partial charge in [0.2, 0.25) is 5.91 Å². The highest BCUT2D eigenvalue weighted by Crippen LogP contribution is 2.33. The summed E-state index contributed by atoms with van der Waals surface area (Å²) in [5.41, 5.74) is 0.288. The van der Waals surface area contributed by atoms with Crippen molar-refractivity contribution in [1.29, 1.82) is 0 Å². The summed E-state index contributed by atoms with van der Waals surface area (Å²) in [4.78, 5) is 34.1. The number of amides is 1. The second-order valence-electron chi connectivity index (χ2n) is 7.94. The van der Waals surface area contributed by atoms with Gasteiger partial charge in [0.15, 0.2) is 11.2 Å². The number of aromatic amines is 1. The Balaban J connectivity index is 1.41. The minimum Gasteiger partial charge on any atom is -0.342 e. The molecule has 1 aliphatic heterocycles. The van der Waals surface area contributed by atoms with E-state index in [-0.39, 0.29) is 45.9 Å². The molecule has 1 N–H and O–H groups in total. The smallest absolute Gasteiger partial charge is 0.281 e. The normalized spacial score (nSPS) is 17.6. The number of H-pyrrole nitrogens is 1. The molecule has 0 bridgehead atoms. The van der Waals surface area contributed by atoms with E-state index in [9.17, 15) is 14.0 Å². The van der Waals surface area contributed by atoms with Crippen molar-refractivity contribution in [3.63, 3.8) is 0 Å². The molecule has 3 aromatic rings. The number of halogens is 2. The van der Waals surface area contributed by atoms with Crippen molar-refractivity contribution in [2.24, 2.45) is 5.92 Å². The van der Waals surface area contributed by atoms with Gasteiger partial charge in [-0.1, -0.05) is 22.9 Å². The molecule has 0 radical (unpaired) electrons. The van der Waals surface area contributed by atoms with Crippen LogP contribution in [0.5, 0.6) is 0 Å². The minimum atomic E-state index is -0.455. The van der Waals surface area contributed by atoms with Crippen LogP contribution in [-0.4, -0.2) is 48.9 Å². The zero-order valence-corrected chi connectivity index (χ0v) is 16.9. The molecule has 10 heteroatoms. The molecule has 1 amide bonds. The molecule has 156 valence electrons. The highest BCUT2D eigenvalue weighted by atomic mass is 35.5. The first-order valence-corrected chi connectivity index (χ1v) is 10.4. The van der Waals surface area contributed by atoms with E-state index in [0.717, 1.165) is 25.7 Å². The molecule has 1 saturated heterocycles. The molecule has 0 atom stereocenters. The second kappa shape index (κ2) is 7.46. The summed E-state index contributed by atoms with van der Waals surface area (Å²) in [6, 6.07) is 4.45. The maximum absolute atomic E-state index is 14.2. The first kappa shape index (κ1) is 19.2. The van der Waals surface area contributed by atoms with Gasteiger partial charge < -0.3 is 9.88 Å². The molecule has 2 fully saturated rings. The van der Waals surface area contributed by atoms with Crippen LogP contribution in [0, 0.1) is 11.7 Å². The molecule has 2 aromatic heterocycles. The fourth-order valence-electron chi connectivity index (χ4n) is 3.98. The molecule has 3 heterocycles. The number of carbonyl (C=O) groups is 1. The fourth-order valence-corrected chi connectivity index (χ4v) is 4.20. The standard InChI is InChI=1S/C20H20ClFN6O2/c21-14-2-1-3-15(22)13(14)10-28-18-16(25-26-28)19(29)24-17(23-18)11-6-8-27(9-7-11)20(30)12-4-5-12/h1-3,11-12H,4-10H2,(H,23,24,29). The van der Waals surface area contributed by atoms with Crippen molar-refractivity contribution >= 4 is 28.7 Å². The Kier molecular flexibility index (Phi) is 4.77. The van der Waals surface area contributed by atoms with Crippen LogP contribution < -0.4 is 5.56 Å². The Morgan fingerprint density at radius 3 is 2.70 bits per heavy atom. The highest BCUT2D eigenvalue weighted by Gasteiger charge is 2.35. The molecule has 1 saturated carbocycles. The van der Waals surface area contributed by atoms with Gasteiger partial charge >= 0.3 is 0 Å². The lowest BCUT2D eigenvalue weighted by atomic mass is 9.95. The zero-order chi connectivity index (χ0) is 20.8. The lowest BCUT2D eigenvalue weighted by Crippen LogP contribution is -2.39. The lowest BCUT2D eigenvalue weighted by Gasteiger charge is -2.31. The summed E-state index contributed by atoms with van der Waals surface area (Å²) in [7, 11) is 0. The number of rotatable bonds is 4. The number of piperidine rings is 1. The third-order valence-corrected chi connectivity index (χ3v) is 6.24. The van der Waals surface area contributed by atoms with E-state index >= 15 is 0 Å². The van der Waals surface area contributed by atoms with Gasteiger partial charge in [-0.2, -0.15) is 0 Å². The summed E-state index contributed by atoms with van der Waals surface area (Å²) in [5, 5.41) is 8.17. The third-order valence-electron chi connectivity index (χ3n) is 5.88. The minimum absolute atomic E-state index is 0.0201. The molecule has 1 aromatic carbocycles. The lowest BCUT2D eigenvalue weighted by molar-refractivity contribution is -0.133. The van der Waals surface area contributed by atoms with Gasteiger partial charge in [-0.05, 0) is 37.8 Å². The largest absolute Gasteiger partial charge is 0.342 e. The predicted octanol–water partition coefficient (Wildman–Crippen LogP) is 2.47. The third kappa shape index (κ3) is 3.47. The number of aromatic nitrogens is 5. The maximum Gasteiger partial charge on any atom is 0.281 e. The number of likely N-dealkylation sites (tertiary alicyclic amines) is 1. The summed E-state index contributed by atoms with van der Waals surface area (Å²) in [6.45, 7) is 1.33. The molecule has 0 spiro atoms. The maximum atomic E-state index is 14.2. The topological polar surface area (TPSA) is 96.8 Å². The monoisotopic (exact) mass is 430 g/mol. The van der Waals surface area contributed by atoms with Crippen LogP contribution in [0.3, 0.4) is 0 Å². The predicted molar refractivity (Wildman–Crippen MR) is 108 cm³/mol. The Labute approximate surface area is 176 Å². The van der Waals surface area contributed by atoms with Crippen LogP contribution in [0.2, 0.25) is 5.02 Å². The quantitative estimate of drug-likeness (QED) is 0.685. The molecular weight excluding hydrogens is 411 g/mol. The second-order valence-corrected chi connectivity index (χ2v) is 8.35. The van der Waals surface area contributed by atoms with Crippen LogP contribution in [0.15, 0.2) is 23.0 Å². The van der Waals surface area contributed by atoms with E-state index in [1.54, 1.807) is 6.07 Å². The van der Waals surface area contributed by atoms with Gasteiger partial charge in [0.1, 0.15) is 11.6 Å². The van der Waals surface area contributed by atoms with Crippen molar-refractivity contribution in [1.82, 2.24) is 29.9 Å².